The maximum absolute atomic E-state index is 12.7. The van der Waals surface area contributed by atoms with E-state index in [4.69, 9.17) is 20.8 Å². The van der Waals surface area contributed by atoms with Gasteiger partial charge >= 0.3 is 5.97 Å². The summed E-state index contributed by atoms with van der Waals surface area (Å²) in [6, 6.07) is 24.3. The molecule has 212 valence electrons. The van der Waals surface area contributed by atoms with Crippen molar-refractivity contribution in [1.82, 2.24) is 29.8 Å². The molecule has 0 aliphatic rings. The zero-order valence-electron chi connectivity index (χ0n) is 23.0. The van der Waals surface area contributed by atoms with Crippen LogP contribution in [0.4, 0.5) is 5.82 Å². The Bertz CT molecular complexity index is 1920. The van der Waals surface area contributed by atoms with Crippen molar-refractivity contribution in [1.29, 1.82) is 0 Å². The van der Waals surface area contributed by atoms with Crippen LogP contribution in [0.25, 0.3) is 39.4 Å². The number of aromatic nitrogens is 5. The third-order valence-electron chi connectivity index (χ3n) is 7.06. The van der Waals surface area contributed by atoms with Crippen LogP contribution >= 0.6 is 0 Å². The molecular weight excluding hydrogens is 542 g/mol. The number of hydrogen-bond acceptors (Lipinski definition) is 7. The maximum Gasteiger partial charge on any atom is 0.303 e. The van der Waals surface area contributed by atoms with E-state index in [1.165, 1.54) is 0 Å². The molecule has 0 atom stereocenters. The molecule has 2 aromatic carbocycles. The summed E-state index contributed by atoms with van der Waals surface area (Å²) in [6.07, 6.45) is 7.43. The molecule has 0 aliphatic carbocycles. The van der Waals surface area contributed by atoms with Gasteiger partial charge in [0.05, 0.1) is 5.56 Å². The van der Waals surface area contributed by atoms with Crippen LogP contribution in [-0.2, 0) is 17.8 Å². The number of anilines is 1. The highest BCUT2D eigenvalue weighted by Crippen LogP contribution is 2.32. The normalized spacial score (nSPS) is 11.0. The van der Waals surface area contributed by atoms with E-state index in [1.54, 1.807) is 49.1 Å². The molecule has 0 aliphatic heterocycles. The first-order valence-corrected chi connectivity index (χ1v) is 13.6. The second kappa shape index (κ2) is 11.9. The predicted octanol–water partition coefficient (Wildman–Crippen LogP) is 5.07. The number of rotatable bonds is 9. The first-order valence-electron chi connectivity index (χ1n) is 13.6. The molecule has 4 heterocycles. The van der Waals surface area contributed by atoms with Crippen molar-refractivity contribution in [2.24, 2.45) is 0 Å². The van der Waals surface area contributed by atoms with Gasteiger partial charge in [-0.25, -0.2) is 15.0 Å². The van der Waals surface area contributed by atoms with Crippen LogP contribution in [0.3, 0.4) is 0 Å². The average molecular weight is 570 g/mol. The Kier molecular flexibility index (Phi) is 7.56. The third-order valence-corrected chi connectivity index (χ3v) is 7.06. The molecule has 43 heavy (non-hydrogen) atoms. The number of carbonyl (C=O) groups is 2. The number of nitrogens with two attached hydrogens (primary N) is 1. The molecule has 10 nitrogen and oxygen atoms in total. The van der Waals surface area contributed by atoms with Crippen LogP contribution in [0, 0.1) is 0 Å². The summed E-state index contributed by atoms with van der Waals surface area (Å²) in [7, 11) is 0. The highest BCUT2D eigenvalue weighted by Gasteiger charge is 2.18. The third kappa shape index (κ3) is 5.94. The van der Waals surface area contributed by atoms with Crippen molar-refractivity contribution in [2.45, 2.75) is 19.4 Å². The Hall–Kier alpha value is -5.90. The first kappa shape index (κ1) is 27.3. The lowest BCUT2D eigenvalue weighted by atomic mass is 10.1. The number of amides is 1. The van der Waals surface area contributed by atoms with Crippen molar-refractivity contribution in [2.75, 3.05) is 5.73 Å². The lowest BCUT2D eigenvalue weighted by molar-refractivity contribution is -0.136. The molecular formula is C33H27N7O3. The smallest absolute Gasteiger partial charge is 0.303 e. The quantitative estimate of drug-likeness (QED) is 0.218. The van der Waals surface area contributed by atoms with E-state index in [2.05, 4.69) is 15.3 Å². The van der Waals surface area contributed by atoms with Crippen LogP contribution in [0.15, 0.2) is 104 Å². The SMILES string of the molecule is Nc1ncccc1-c1nc2cc(-c3cccnc3)cnc2n1-c1ccc(CNC(=O)c2ccc(CCC(=O)O)cc2)cc1. The van der Waals surface area contributed by atoms with Gasteiger partial charge in [0, 0.05) is 60.1 Å². The van der Waals surface area contributed by atoms with Crippen LogP contribution < -0.4 is 11.1 Å². The summed E-state index contributed by atoms with van der Waals surface area (Å²) in [6.45, 7) is 0.333. The van der Waals surface area contributed by atoms with Gasteiger partial charge in [-0.15, -0.1) is 0 Å². The number of hydrogen-bond donors (Lipinski definition) is 3. The fraction of sp³-hybridized carbons (Fsp3) is 0.0909. The number of fused-ring (bicyclic) bond motifs is 1. The van der Waals surface area contributed by atoms with Crippen molar-refractivity contribution in [3.05, 3.63) is 120 Å². The van der Waals surface area contributed by atoms with E-state index in [1.807, 2.05) is 59.2 Å². The molecule has 0 radical (unpaired) electrons. The number of carboxylic acid groups (broad SMARTS) is 1. The summed E-state index contributed by atoms with van der Waals surface area (Å²) in [5.41, 5.74) is 13.3. The van der Waals surface area contributed by atoms with E-state index in [0.717, 1.165) is 27.9 Å². The second-order valence-electron chi connectivity index (χ2n) is 9.96. The van der Waals surface area contributed by atoms with Crippen LogP contribution in [0.5, 0.6) is 0 Å². The number of carbonyl (C=O) groups excluding carboxylic acids is 1. The van der Waals surface area contributed by atoms with E-state index >= 15 is 0 Å². The topological polar surface area (TPSA) is 149 Å². The molecule has 4 aromatic heterocycles. The number of imidazole rings is 1. The molecule has 1 amide bonds. The Morgan fingerprint density at radius 1 is 0.860 bits per heavy atom. The fourth-order valence-corrected chi connectivity index (χ4v) is 4.81. The minimum Gasteiger partial charge on any atom is -0.481 e. The van der Waals surface area contributed by atoms with Gasteiger partial charge in [-0.1, -0.05) is 30.3 Å². The monoisotopic (exact) mass is 569 g/mol. The van der Waals surface area contributed by atoms with Crippen LogP contribution in [0.2, 0.25) is 0 Å². The van der Waals surface area contributed by atoms with Crippen molar-refractivity contribution in [3.63, 3.8) is 0 Å². The van der Waals surface area contributed by atoms with E-state index < -0.39 is 5.97 Å². The minimum atomic E-state index is -0.849. The standard InChI is InChI=1S/C33H27N7O3/c34-30-27(4-2-16-36-30)31-39-28-17-25(24-3-1-15-35-19-24)20-37-32(28)40(31)26-12-7-22(8-13-26)18-38-33(43)23-10-5-21(6-11-23)9-14-29(41)42/h1-8,10-13,15-17,19-20H,9,14,18H2,(H2,34,36)(H,38,43)(H,41,42). The first-order chi connectivity index (χ1) is 21.0. The number of nitrogens with zero attached hydrogens (tertiary/aromatic N) is 5. The van der Waals surface area contributed by atoms with Crippen LogP contribution in [-0.4, -0.2) is 41.5 Å². The molecule has 6 rings (SSSR count). The Labute approximate surface area is 246 Å². The largest absolute Gasteiger partial charge is 0.481 e. The van der Waals surface area contributed by atoms with Crippen molar-refractivity contribution < 1.29 is 14.7 Å². The van der Waals surface area contributed by atoms with Gasteiger partial charge in [-0.2, -0.15) is 0 Å². The Morgan fingerprint density at radius 2 is 1.63 bits per heavy atom. The molecule has 0 saturated carbocycles. The van der Waals surface area contributed by atoms with Gasteiger partial charge in [0.25, 0.3) is 5.91 Å². The molecule has 4 N–H and O–H groups in total. The van der Waals surface area contributed by atoms with Gasteiger partial charge in [0.2, 0.25) is 0 Å². The van der Waals surface area contributed by atoms with Gasteiger partial charge in [0.1, 0.15) is 11.3 Å². The van der Waals surface area contributed by atoms with Gasteiger partial charge < -0.3 is 16.2 Å². The summed E-state index contributed by atoms with van der Waals surface area (Å²) < 4.78 is 1.95. The van der Waals surface area contributed by atoms with Crippen molar-refractivity contribution in [3.8, 4) is 28.2 Å². The maximum atomic E-state index is 12.7. The van der Waals surface area contributed by atoms with Gasteiger partial charge in [-0.05, 0) is 66.1 Å². The van der Waals surface area contributed by atoms with E-state index in [9.17, 15) is 9.59 Å². The highest BCUT2D eigenvalue weighted by atomic mass is 16.4. The van der Waals surface area contributed by atoms with Gasteiger partial charge in [-0.3, -0.25) is 19.1 Å². The lowest BCUT2D eigenvalue weighted by Gasteiger charge is -2.11. The summed E-state index contributed by atoms with van der Waals surface area (Å²) in [4.78, 5) is 41.7. The molecule has 0 spiro atoms. The lowest BCUT2D eigenvalue weighted by Crippen LogP contribution is -2.22. The van der Waals surface area contributed by atoms with E-state index in [-0.39, 0.29) is 12.3 Å². The van der Waals surface area contributed by atoms with Crippen LogP contribution in [0.1, 0.15) is 27.9 Å². The average Bonchev–Trinajstić information content (AvgIpc) is 3.42. The number of nitrogen functional groups attached to an aromatic ring is 1. The summed E-state index contributed by atoms with van der Waals surface area (Å²) in [5.74, 6) is -0.0831. The highest BCUT2D eigenvalue weighted by molar-refractivity contribution is 5.94. The predicted molar refractivity (Wildman–Crippen MR) is 163 cm³/mol. The Morgan fingerprint density at radius 3 is 2.35 bits per heavy atom. The number of benzene rings is 2. The number of pyridine rings is 3. The molecule has 10 heteroatoms. The number of nitrogens with one attached hydrogen (secondary N) is 1. The second-order valence-corrected chi connectivity index (χ2v) is 9.96. The van der Waals surface area contributed by atoms with E-state index in [0.29, 0.717) is 46.9 Å². The molecule has 0 bridgehead atoms. The van der Waals surface area contributed by atoms with Crippen molar-refractivity contribution >= 4 is 28.9 Å². The molecule has 6 aromatic rings. The molecule has 0 fully saturated rings. The van der Waals surface area contributed by atoms with Gasteiger partial charge in [0.15, 0.2) is 11.5 Å². The number of aryl methyl sites for hydroxylation is 1. The zero-order valence-corrected chi connectivity index (χ0v) is 23.0. The Balaban J connectivity index is 1.25. The molecule has 0 unspecified atom stereocenters. The molecule has 0 saturated heterocycles. The number of aliphatic carboxylic acids is 1. The summed E-state index contributed by atoms with van der Waals surface area (Å²) >= 11 is 0. The number of carboxylic acids is 1. The fourth-order valence-electron chi connectivity index (χ4n) is 4.81. The zero-order chi connectivity index (χ0) is 29.8. The minimum absolute atomic E-state index is 0.0516. The summed E-state index contributed by atoms with van der Waals surface area (Å²) in [5, 5.41) is 11.8.